The number of benzene rings is 1. The third-order valence-electron chi connectivity index (χ3n) is 4.01. The monoisotopic (exact) mass is 463 g/mol. The van der Waals surface area contributed by atoms with Crippen LogP contribution in [0.25, 0.3) is 0 Å². The number of aromatic nitrogens is 1. The van der Waals surface area contributed by atoms with E-state index in [9.17, 15) is 13.2 Å². The Labute approximate surface area is 183 Å². The summed E-state index contributed by atoms with van der Waals surface area (Å²) in [4.78, 5) is 3.67. The molecule has 2 aromatic rings. The van der Waals surface area contributed by atoms with Crippen LogP contribution in [0, 0.1) is 0 Å². The van der Waals surface area contributed by atoms with Crippen LogP contribution in [0.4, 0.5) is 13.2 Å². The van der Waals surface area contributed by atoms with Crippen LogP contribution < -0.4 is 14.2 Å². The first-order valence-electron chi connectivity index (χ1n) is 9.35. The first-order chi connectivity index (χ1) is 14.3. The minimum Gasteiger partial charge on any atom is -0.493 e. The Hall–Kier alpha value is -2.12. The van der Waals surface area contributed by atoms with Gasteiger partial charge in [-0.2, -0.15) is 13.2 Å². The zero-order chi connectivity index (χ0) is 22.0. The predicted octanol–water partition coefficient (Wildman–Crippen LogP) is 6.60. The minimum atomic E-state index is -4.40. The molecule has 0 amide bonds. The van der Waals surface area contributed by atoms with Gasteiger partial charge >= 0.3 is 6.18 Å². The van der Waals surface area contributed by atoms with E-state index >= 15 is 0 Å². The van der Waals surface area contributed by atoms with Crippen LogP contribution >= 0.6 is 23.2 Å². The highest BCUT2D eigenvalue weighted by molar-refractivity contribution is 6.55. The molecule has 2 rings (SSSR count). The second-order valence-electron chi connectivity index (χ2n) is 6.21. The van der Waals surface area contributed by atoms with Crippen molar-refractivity contribution < 1.29 is 27.4 Å². The highest BCUT2D eigenvalue weighted by Gasteiger charge is 2.30. The standard InChI is InChI=1S/C21H22Cl2F3NO3/c1-2-15-13-17(28-12-9-19(22)23)6-7-18(15)29-10-3-4-11-30-20-8-5-16(14-27-20)21(24,25)26/h5-9,13-14H,2-4,10-12H2,1H3. The van der Waals surface area contributed by atoms with E-state index in [-0.39, 0.29) is 17.0 Å². The summed E-state index contributed by atoms with van der Waals surface area (Å²) in [6.45, 7) is 3.12. The fourth-order valence-electron chi connectivity index (χ4n) is 2.46. The fraction of sp³-hybridized carbons (Fsp3) is 0.381. The van der Waals surface area contributed by atoms with E-state index in [0.717, 1.165) is 36.4 Å². The maximum Gasteiger partial charge on any atom is 0.417 e. The molecule has 1 aromatic carbocycles. The average Bonchev–Trinajstić information content (AvgIpc) is 2.70. The summed E-state index contributed by atoms with van der Waals surface area (Å²) in [5, 5.41) is 0. The maximum absolute atomic E-state index is 12.5. The van der Waals surface area contributed by atoms with Gasteiger partial charge in [-0.25, -0.2) is 4.98 Å². The average molecular weight is 464 g/mol. The molecule has 0 atom stereocenters. The molecule has 0 radical (unpaired) electrons. The second kappa shape index (κ2) is 11.9. The molecular formula is C21H22Cl2F3NO3. The van der Waals surface area contributed by atoms with Crippen molar-refractivity contribution >= 4 is 23.2 Å². The number of alkyl halides is 3. The molecule has 4 nitrogen and oxygen atoms in total. The number of aryl methyl sites for hydroxylation is 1. The Kier molecular flexibility index (Phi) is 9.59. The van der Waals surface area contributed by atoms with Crippen molar-refractivity contribution in [3.63, 3.8) is 0 Å². The quantitative estimate of drug-likeness (QED) is 0.352. The van der Waals surface area contributed by atoms with E-state index in [4.69, 9.17) is 37.4 Å². The maximum atomic E-state index is 12.5. The second-order valence-corrected chi connectivity index (χ2v) is 7.22. The van der Waals surface area contributed by atoms with Gasteiger partial charge in [-0.3, -0.25) is 0 Å². The van der Waals surface area contributed by atoms with E-state index < -0.39 is 11.7 Å². The van der Waals surface area contributed by atoms with Crippen molar-refractivity contribution in [2.45, 2.75) is 32.4 Å². The lowest BCUT2D eigenvalue weighted by molar-refractivity contribution is -0.137. The van der Waals surface area contributed by atoms with Crippen molar-refractivity contribution in [2.24, 2.45) is 0 Å². The fourth-order valence-corrected chi connectivity index (χ4v) is 2.59. The Bertz CT molecular complexity index is 823. The third-order valence-corrected chi connectivity index (χ3v) is 4.32. The Balaban J connectivity index is 1.71. The molecule has 1 heterocycles. The predicted molar refractivity (Wildman–Crippen MR) is 111 cm³/mol. The van der Waals surface area contributed by atoms with E-state index in [0.29, 0.717) is 25.4 Å². The van der Waals surface area contributed by atoms with E-state index in [1.807, 2.05) is 25.1 Å². The number of hydrogen-bond acceptors (Lipinski definition) is 4. The van der Waals surface area contributed by atoms with E-state index in [2.05, 4.69) is 4.98 Å². The Morgan fingerprint density at radius 2 is 1.77 bits per heavy atom. The first-order valence-corrected chi connectivity index (χ1v) is 10.1. The SMILES string of the molecule is CCc1cc(OCC=C(Cl)Cl)ccc1OCCCCOc1ccc(C(F)(F)F)cn1. The highest BCUT2D eigenvalue weighted by Crippen LogP contribution is 2.29. The Morgan fingerprint density at radius 3 is 2.37 bits per heavy atom. The molecule has 0 aliphatic heterocycles. The molecule has 9 heteroatoms. The van der Waals surface area contributed by atoms with Gasteiger partial charge in [-0.1, -0.05) is 30.1 Å². The summed E-state index contributed by atoms with van der Waals surface area (Å²) < 4.78 is 54.4. The van der Waals surface area contributed by atoms with Crippen LogP contribution in [-0.2, 0) is 12.6 Å². The zero-order valence-corrected chi connectivity index (χ0v) is 17.9. The summed E-state index contributed by atoms with van der Waals surface area (Å²) in [6.07, 6.45) is 0.0961. The van der Waals surface area contributed by atoms with Crippen LogP contribution in [0.1, 0.15) is 30.9 Å². The van der Waals surface area contributed by atoms with E-state index in [1.54, 1.807) is 6.08 Å². The number of hydrogen-bond donors (Lipinski definition) is 0. The number of ether oxygens (including phenoxy) is 3. The molecule has 0 saturated heterocycles. The molecule has 0 aliphatic rings. The van der Waals surface area contributed by atoms with Gasteiger partial charge in [0.15, 0.2) is 0 Å². The Morgan fingerprint density at radius 1 is 1.03 bits per heavy atom. The normalized spacial score (nSPS) is 11.1. The molecular weight excluding hydrogens is 442 g/mol. The van der Waals surface area contributed by atoms with Gasteiger partial charge in [-0.15, -0.1) is 0 Å². The van der Waals surface area contributed by atoms with Crippen molar-refractivity contribution in [1.29, 1.82) is 0 Å². The molecule has 0 aliphatic carbocycles. The van der Waals surface area contributed by atoms with Crippen LogP contribution in [0.3, 0.4) is 0 Å². The smallest absolute Gasteiger partial charge is 0.417 e. The summed E-state index contributed by atoms with van der Waals surface area (Å²) in [6, 6.07) is 7.73. The molecule has 0 bridgehead atoms. The number of pyridine rings is 1. The van der Waals surface area contributed by atoms with Crippen molar-refractivity contribution in [1.82, 2.24) is 4.98 Å². The molecule has 164 valence electrons. The molecule has 0 fully saturated rings. The van der Waals surface area contributed by atoms with Crippen molar-refractivity contribution in [2.75, 3.05) is 19.8 Å². The van der Waals surface area contributed by atoms with Crippen LogP contribution in [0.5, 0.6) is 17.4 Å². The lowest BCUT2D eigenvalue weighted by Crippen LogP contribution is -2.07. The van der Waals surface area contributed by atoms with E-state index in [1.165, 1.54) is 6.07 Å². The summed E-state index contributed by atoms with van der Waals surface area (Å²) >= 11 is 11.1. The van der Waals surface area contributed by atoms with Crippen LogP contribution in [-0.4, -0.2) is 24.8 Å². The van der Waals surface area contributed by atoms with Crippen molar-refractivity contribution in [3.05, 3.63) is 58.2 Å². The number of unbranched alkanes of at least 4 members (excludes halogenated alkanes) is 1. The number of halogens is 5. The molecule has 0 spiro atoms. The highest BCUT2D eigenvalue weighted by atomic mass is 35.5. The van der Waals surface area contributed by atoms with Gasteiger partial charge in [0.1, 0.15) is 22.6 Å². The topological polar surface area (TPSA) is 40.6 Å². The largest absolute Gasteiger partial charge is 0.493 e. The van der Waals surface area contributed by atoms with Gasteiger partial charge in [0, 0.05) is 12.3 Å². The van der Waals surface area contributed by atoms with Crippen molar-refractivity contribution in [3.8, 4) is 17.4 Å². The van der Waals surface area contributed by atoms with Gasteiger partial charge in [0.2, 0.25) is 5.88 Å². The van der Waals surface area contributed by atoms with Gasteiger partial charge < -0.3 is 14.2 Å². The van der Waals surface area contributed by atoms with Gasteiger partial charge in [0.25, 0.3) is 0 Å². The van der Waals surface area contributed by atoms with Crippen LogP contribution in [0.15, 0.2) is 47.1 Å². The summed E-state index contributed by atoms with van der Waals surface area (Å²) in [5.41, 5.74) is 0.212. The molecule has 30 heavy (non-hydrogen) atoms. The third kappa shape index (κ3) is 8.32. The molecule has 0 saturated carbocycles. The molecule has 1 aromatic heterocycles. The molecule has 0 unspecified atom stereocenters. The van der Waals surface area contributed by atoms with Gasteiger partial charge in [-0.05, 0) is 55.2 Å². The number of rotatable bonds is 11. The zero-order valence-electron chi connectivity index (χ0n) is 16.3. The number of nitrogens with zero attached hydrogens (tertiary/aromatic N) is 1. The van der Waals surface area contributed by atoms with Crippen LogP contribution in [0.2, 0.25) is 0 Å². The summed E-state index contributed by atoms with van der Waals surface area (Å²) in [7, 11) is 0. The first kappa shape index (κ1) is 24.2. The lowest BCUT2D eigenvalue weighted by Gasteiger charge is -2.13. The van der Waals surface area contributed by atoms with Gasteiger partial charge in [0.05, 0.1) is 18.8 Å². The summed E-state index contributed by atoms with van der Waals surface area (Å²) in [5.74, 6) is 1.64. The lowest BCUT2D eigenvalue weighted by atomic mass is 10.1. The minimum absolute atomic E-state index is 0.156. The molecule has 0 N–H and O–H groups in total.